The topological polar surface area (TPSA) is 85.7 Å². The summed E-state index contributed by atoms with van der Waals surface area (Å²) in [6.07, 6.45) is 0.324. The first-order chi connectivity index (χ1) is 11.2. The number of halogens is 3. The Labute approximate surface area is 144 Å². The molecule has 0 radical (unpaired) electrons. The second kappa shape index (κ2) is 5.64. The van der Waals surface area contributed by atoms with Crippen LogP contribution in [0.4, 0.5) is 8.78 Å². The molecule has 10 heteroatoms. The summed E-state index contributed by atoms with van der Waals surface area (Å²) in [4.78, 5) is 3.25. The minimum atomic E-state index is -4.96. The summed E-state index contributed by atoms with van der Waals surface area (Å²) in [6, 6.07) is 3.70. The molecule has 0 spiro atoms. The quantitative estimate of drug-likeness (QED) is 0.819. The van der Waals surface area contributed by atoms with Gasteiger partial charge in [0.05, 0.1) is 28.9 Å². The summed E-state index contributed by atoms with van der Waals surface area (Å²) in [5, 5.41) is 5.45. The zero-order chi connectivity index (χ0) is 17.7. The van der Waals surface area contributed by atoms with Gasteiger partial charge in [0, 0.05) is 11.6 Å². The highest BCUT2D eigenvalue weighted by Gasteiger charge is 2.61. The van der Waals surface area contributed by atoms with Gasteiger partial charge in [-0.25, -0.2) is 8.42 Å². The van der Waals surface area contributed by atoms with Gasteiger partial charge in [0.2, 0.25) is 9.84 Å². The number of sulfone groups is 1. The SMILES string of the molecule is COc1cncc(Oc2ccc3c(c2Br)[C@@H](O)C(F)(F)S3(=O)=O)c1. The molecule has 1 aromatic heterocycles. The number of fused-ring (bicyclic) bond motifs is 1. The van der Waals surface area contributed by atoms with Crippen molar-refractivity contribution in [3.8, 4) is 17.2 Å². The van der Waals surface area contributed by atoms with Gasteiger partial charge in [-0.1, -0.05) is 0 Å². The van der Waals surface area contributed by atoms with Crippen molar-refractivity contribution in [2.45, 2.75) is 16.3 Å². The Bertz CT molecular complexity index is 919. The molecule has 0 saturated carbocycles. The maximum absolute atomic E-state index is 13.8. The zero-order valence-electron chi connectivity index (χ0n) is 12.0. The summed E-state index contributed by atoms with van der Waals surface area (Å²) >= 11 is 3.03. The number of alkyl halides is 2. The third-order valence-corrected chi connectivity index (χ3v) is 6.19. The second-order valence-corrected chi connectivity index (χ2v) is 7.70. The van der Waals surface area contributed by atoms with Gasteiger partial charge in [0.25, 0.3) is 0 Å². The molecule has 0 unspecified atom stereocenters. The van der Waals surface area contributed by atoms with Gasteiger partial charge in [-0.2, -0.15) is 8.78 Å². The first-order valence-electron chi connectivity index (χ1n) is 6.50. The molecule has 0 fully saturated rings. The maximum atomic E-state index is 13.8. The normalized spacial score (nSPS) is 20.5. The Kier molecular flexibility index (Phi) is 4.01. The van der Waals surface area contributed by atoms with E-state index in [1.807, 2.05) is 0 Å². The highest BCUT2D eigenvalue weighted by molar-refractivity contribution is 9.10. The number of methoxy groups -OCH3 is 1. The maximum Gasteiger partial charge on any atom is 0.379 e. The van der Waals surface area contributed by atoms with E-state index < -0.39 is 31.7 Å². The predicted octanol–water partition coefficient (Wildman–Crippen LogP) is 3.06. The summed E-state index contributed by atoms with van der Waals surface area (Å²) in [5.41, 5.74) is -0.437. The number of aliphatic hydroxyl groups is 1. The number of aliphatic hydroxyl groups excluding tert-OH is 1. The second-order valence-electron chi connectivity index (χ2n) is 4.92. The minimum absolute atomic E-state index is 0.0516. The number of benzene rings is 1. The minimum Gasteiger partial charge on any atom is -0.495 e. The monoisotopic (exact) mass is 421 g/mol. The largest absolute Gasteiger partial charge is 0.495 e. The molecule has 6 nitrogen and oxygen atoms in total. The molecule has 0 amide bonds. The number of hydrogen-bond acceptors (Lipinski definition) is 6. The zero-order valence-corrected chi connectivity index (χ0v) is 14.4. The van der Waals surface area contributed by atoms with Crippen molar-refractivity contribution in [1.82, 2.24) is 4.98 Å². The first-order valence-corrected chi connectivity index (χ1v) is 8.77. The highest BCUT2D eigenvalue weighted by atomic mass is 79.9. The Hall–Kier alpha value is -1.78. The van der Waals surface area contributed by atoms with Gasteiger partial charge in [0.15, 0.2) is 6.10 Å². The van der Waals surface area contributed by atoms with Crippen molar-refractivity contribution >= 4 is 25.8 Å². The number of hydrogen-bond donors (Lipinski definition) is 1. The van der Waals surface area contributed by atoms with Crippen LogP contribution in [0.5, 0.6) is 17.2 Å². The molecule has 1 aliphatic heterocycles. The molecule has 0 saturated heterocycles. The van der Waals surface area contributed by atoms with Crippen molar-refractivity contribution in [2.75, 3.05) is 7.11 Å². The molecule has 1 N–H and O–H groups in total. The Morgan fingerprint density at radius 1 is 1.29 bits per heavy atom. The molecular formula is C14H10BrF2NO5S. The summed E-state index contributed by atoms with van der Waals surface area (Å²) in [7, 11) is -3.52. The number of pyridine rings is 1. The van der Waals surface area contributed by atoms with Gasteiger partial charge >= 0.3 is 5.25 Å². The van der Waals surface area contributed by atoms with Gasteiger partial charge in [-0.15, -0.1) is 0 Å². The Morgan fingerprint density at radius 2 is 1.96 bits per heavy atom. The van der Waals surface area contributed by atoms with Crippen LogP contribution in [0.1, 0.15) is 11.7 Å². The molecule has 3 rings (SSSR count). The van der Waals surface area contributed by atoms with Crippen LogP contribution in [0.25, 0.3) is 0 Å². The average Bonchev–Trinajstić information content (AvgIpc) is 2.68. The molecule has 0 bridgehead atoms. The fourth-order valence-electron chi connectivity index (χ4n) is 2.28. The van der Waals surface area contributed by atoms with E-state index in [9.17, 15) is 22.3 Å². The molecule has 1 aromatic carbocycles. The molecule has 2 heterocycles. The van der Waals surface area contributed by atoms with Crippen molar-refractivity contribution in [2.24, 2.45) is 0 Å². The lowest BCUT2D eigenvalue weighted by molar-refractivity contribution is -0.0379. The van der Waals surface area contributed by atoms with Crippen LogP contribution in [0.2, 0.25) is 0 Å². The van der Waals surface area contributed by atoms with Crippen molar-refractivity contribution in [1.29, 1.82) is 0 Å². The fraction of sp³-hybridized carbons (Fsp3) is 0.214. The fourth-order valence-corrected chi connectivity index (χ4v) is 4.51. The number of nitrogens with zero attached hydrogens (tertiary/aromatic N) is 1. The van der Waals surface area contributed by atoms with E-state index >= 15 is 0 Å². The number of rotatable bonds is 3. The molecule has 1 atom stereocenters. The van der Waals surface area contributed by atoms with Gasteiger partial charge < -0.3 is 14.6 Å². The number of aromatic nitrogens is 1. The molecule has 2 aromatic rings. The molecule has 0 aliphatic carbocycles. The van der Waals surface area contributed by atoms with Crippen LogP contribution in [0.3, 0.4) is 0 Å². The Morgan fingerprint density at radius 3 is 2.62 bits per heavy atom. The van der Waals surface area contributed by atoms with Crippen molar-refractivity contribution in [3.63, 3.8) is 0 Å². The molecular weight excluding hydrogens is 412 g/mol. The predicted molar refractivity (Wildman–Crippen MR) is 82.1 cm³/mol. The Balaban J connectivity index is 2.07. The van der Waals surface area contributed by atoms with Gasteiger partial charge in [-0.3, -0.25) is 4.98 Å². The van der Waals surface area contributed by atoms with Crippen LogP contribution in [-0.4, -0.2) is 30.9 Å². The smallest absolute Gasteiger partial charge is 0.379 e. The van der Waals surface area contributed by atoms with Crippen molar-refractivity contribution < 1.29 is 31.8 Å². The van der Waals surface area contributed by atoms with E-state index in [1.54, 1.807) is 0 Å². The lowest BCUT2D eigenvalue weighted by Crippen LogP contribution is -2.28. The molecule has 24 heavy (non-hydrogen) atoms. The van der Waals surface area contributed by atoms with E-state index in [2.05, 4.69) is 20.9 Å². The van der Waals surface area contributed by atoms with Gasteiger partial charge in [0.1, 0.15) is 17.2 Å². The summed E-state index contributed by atoms with van der Waals surface area (Å²) in [6.45, 7) is 0. The lowest BCUT2D eigenvalue weighted by atomic mass is 10.1. The van der Waals surface area contributed by atoms with Gasteiger partial charge in [-0.05, 0) is 28.1 Å². The summed E-state index contributed by atoms with van der Waals surface area (Å²) in [5.74, 6) is 0.715. The van der Waals surface area contributed by atoms with E-state index in [0.717, 1.165) is 6.07 Å². The van der Waals surface area contributed by atoms with Crippen LogP contribution >= 0.6 is 15.9 Å². The first kappa shape index (κ1) is 17.1. The third kappa shape index (κ3) is 2.36. The van der Waals surface area contributed by atoms with Crippen LogP contribution < -0.4 is 9.47 Å². The van der Waals surface area contributed by atoms with E-state index in [0.29, 0.717) is 5.75 Å². The number of ether oxygens (including phenoxy) is 2. The van der Waals surface area contributed by atoms with Crippen LogP contribution in [-0.2, 0) is 9.84 Å². The van der Waals surface area contributed by atoms with E-state index in [4.69, 9.17) is 9.47 Å². The standard InChI is InChI=1S/C14H10BrF2NO5S/c1-22-7-4-8(6-18-5-7)23-9-2-3-10-11(12(9)15)13(19)14(16,17)24(10,20)21/h2-6,13,19H,1H3/t13-/m1/s1. The third-order valence-electron chi connectivity index (χ3n) is 3.50. The van der Waals surface area contributed by atoms with Crippen molar-refractivity contribution in [3.05, 3.63) is 40.6 Å². The highest BCUT2D eigenvalue weighted by Crippen LogP contribution is 2.53. The van der Waals surface area contributed by atoms with E-state index in [-0.39, 0.29) is 16.0 Å². The lowest BCUT2D eigenvalue weighted by Gasteiger charge is -2.14. The molecule has 1 aliphatic rings. The van der Waals surface area contributed by atoms with Crippen LogP contribution in [0.15, 0.2) is 40.0 Å². The van der Waals surface area contributed by atoms with E-state index in [1.165, 1.54) is 31.6 Å². The molecule has 128 valence electrons. The van der Waals surface area contributed by atoms with Crippen LogP contribution in [0, 0.1) is 0 Å². The average molecular weight is 422 g/mol. The summed E-state index contributed by atoms with van der Waals surface area (Å²) < 4.78 is 61.7.